The molecule has 0 unspecified atom stereocenters. The number of nitrogens with zero attached hydrogens (tertiary/aromatic N) is 1. The van der Waals surface area contributed by atoms with Crippen LogP contribution in [0.1, 0.15) is 45.2 Å². The van der Waals surface area contributed by atoms with E-state index in [0.717, 1.165) is 11.7 Å². The van der Waals surface area contributed by atoms with Gasteiger partial charge in [-0.1, -0.05) is 0 Å². The lowest BCUT2D eigenvalue weighted by molar-refractivity contribution is 0.130. The monoisotopic (exact) mass is 191 g/mol. The van der Waals surface area contributed by atoms with Gasteiger partial charge in [0.2, 0.25) is 0 Å². The number of hydrogen-bond donors (Lipinski definition) is 0. The van der Waals surface area contributed by atoms with Crippen molar-refractivity contribution in [2.75, 3.05) is 0 Å². The Labute approximate surface area is 85.3 Å². The van der Waals surface area contributed by atoms with Crippen molar-refractivity contribution in [1.82, 2.24) is 4.98 Å². The van der Waals surface area contributed by atoms with Crippen molar-refractivity contribution < 1.29 is 4.74 Å². The van der Waals surface area contributed by atoms with Gasteiger partial charge in [-0.15, -0.1) is 0 Å². The lowest BCUT2D eigenvalue weighted by Gasteiger charge is -2.20. The molecule has 0 spiro atoms. The molecule has 0 N–H and O–H groups in total. The van der Waals surface area contributed by atoms with Crippen LogP contribution < -0.4 is 4.74 Å². The van der Waals surface area contributed by atoms with E-state index in [1.54, 1.807) is 0 Å². The average Bonchev–Trinajstić information content (AvgIpc) is 2.85. The van der Waals surface area contributed by atoms with Gasteiger partial charge in [0.25, 0.3) is 0 Å². The van der Waals surface area contributed by atoms with Crippen LogP contribution in [0.15, 0.2) is 18.3 Å². The van der Waals surface area contributed by atoms with E-state index in [4.69, 9.17) is 4.74 Å². The van der Waals surface area contributed by atoms with Crippen molar-refractivity contribution in [3.8, 4) is 5.75 Å². The van der Waals surface area contributed by atoms with E-state index in [-0.39, 0.29) is 5.60 Å². The van der Waals surface area contributed by atoms with Crippen LogP contribution in [-0.2, 0) is 0 Å². The summed E-state index contributed by atoms with van der Waals surface area (Å²) in [5.41, 5.74) is 1.08. The number of pyridine rings is 1. The van der Waals surface area contributed by atoms with Crippen LogP contribution >= 0.6 is 0 Å². The molecular formula is C12H17NO. The second kappa shape index (κ2) is 3.26. The zero-order valence-corrected chi connectivity index (χ0v) is 9.08. The van der Waals surface area contributed by atoms with E-state index in [2.05, 4.69) is 11.1 Å². The van der Waals surface area contributed by atoms with Gasteiger partial charge in [-0.2, -0.15) is 0 Å². The second-order valence-corrected chi connectivity index (χ2v) is 4.91. The Morgan fingerprint density at radius 1 is 1.29 bits per heavy atom. The summed E-state index contributed by atoms with van der Waals surface area (Å²) < 4.78 is 5.69. The molecule has 0 aromatic carbocycles. The van der Waals surface area contributed by atoms with Crippen LogP contribution in [0.5, 0.6) is 5.75 Å². The van der Waals surface area contributed by atoms with Crippen LogP contribution in [0.4, 0.5) is 0 Å². The minimum Gasteiger partial charge on any atom is -0.487 e. The Balaban J connectivity index is 2.06. The predicted molar refractivity (Wildman–Crippen MR) is 56.6 cm³/mol. The van der Waals surface area contributed by atoms with Gasteiger partial charge in [-0.05, 0) is 45.7 Å². The van der Waals surface area contributed by atoms with Crippen molar-refractivity contribution in [3.63, 3.8) is 0 Å². The van der Waals surface area contributed by atoms with Crippen LogP contribution in [-0.4, -0.2) is 10.6 Å². The van der Waals surface area contributed by atoms with E-state index in [9.17, 15) is 0 Å². The van der Waals surface area contributed by atoms with Crippen LogP contribution in [0.25, 0.3) is 0 Å². The molecule has 1 heterocycles. The first-order valence-electron chi connectivity index (χ1n) is 5.19. The summed E-state index contributed by atoms with van der Waals surface area (Å²) in [6.07, 6.45) is 4.43. The number of aromatic nitrogens is 1. The normalized spacial score (nSPS) is 16.8. The first-order valence-corrected chi connectivity index (χ1v) is 5.19. The minimum absolute atomic E-state index is 0.136. The highest BCUT2D eigenvalue weighted by Gasteiger charge is 2.24. The first-order chi connectivity index (χ1) is 6.54. The summed E-state index contributed by atoms with van der Waals surface area (Å²) >= 11 is 0. The maximum atomic E-state index is 5.69. The van der Waals surface area contributed by atoms with Gasteiger partial charge in [-0.25, -0.2) is 0 Å². The van der Waals surface area contributed by atoms with Crippen molar-refractivity contribution in [2.24, 2.45) is 0 Å². The maximum absolute atomic E-state index is 5.69. The summed E-state index contributed by atoms with van der Waals surface area (Å²) in [7, 11) is 0. The molecule has 76 valence electrons. The van der Waals surface area contributed by atoms with Crippen molar-refractivity contribution in [3.05, 3.63) is 24.0 Å². The molecule has 14 heavy (non-hydrogen) atoms. The highest BCUT2D eigenvalue weighted by molar-refractivity contribution is 5.24. The third-order valence-electron chi connectivity index (χ3n) is 2.18. The standard InChI is InChI=1S/C12H17NO/c1-12(2,3)14-10-6-7-11(13-8-10)9-4-5-9/h6-9H,4-5H2,1-3H3. The summed E-state index contributed by atoms with van der Waals surface area (Å²) in [4.78, 5) is 4.40. The van der Waals surface area contributed by atoms with E-state index in [1.165, 1.54) is 18.5 Å². The molecule has 2 heteroatoms. The molecule has 1 aliphatic carbocycles. The molecular weight excluding hydrogens is 174 g/mol. The molecule has 1 saturated carbocycles. The molecule has 0 saturated heterocycles. The number of rotatable bonds is 2. The zero-order chi connectivity index (χ0) is 10.2. The quantitative estimate of drug-likeness (QED) is 0.716. The van der Waals surface area contributed by atoms with Gasteiger partial charge >= 0.3 is 0 Å². The molecule has 0 amide bonds. The summed E-state index contributed by atoms with van der Waals surface area (Å²) in [5, 5.41) is 0. The molecule has 1 aromatic heterocycles. The Hall–Kier alpha value is -1.05. The molecule has 1 fully saturated rings. The molecule has 1 aromatic rings. The van der Waals surface area contributed by atoms with Gasteiger partial charge < -0.3 is 4.74 Å². The highest BCUT2D eigenvalue weighted by Crippen LogP contribution is 2.39. The number of hydrogen-bond acceptors (Lipinski definition) is 2. The van der Waals surface area contributed by atoms with Crippen molar-refractivity contribution in [1.29, 1.82) is 0 Å². The Bertz CT molecular complexity index is 306. The summed E-state index contributed by atoms with van der Waals surface area (Å²) in [6, 6.07) is 4.10. The minimum atomic E-state index is -0.136. The van der Waals surface area contributed by atoms with E-state index < -0.39 is 0 Å². The fourth-order valence-electron chi connectivity index (χ4n) is 1.43. The molecule has 2 rings (SSSR count). The lowest BCUT2D eigenvalue weighted by atomic mass is 10.2. The highest BCUT2D eigenvalue weighted by atomic mass is 16.5. The molecule has 0 bridgehead atoms. The number of ether oxygens (including phenoxy) is 1. The van der Waals surface area contributed by atoms with Crippen LogP contribution in [0.3, 0.4) is 0 Å². The fraction of sp³-hybridized carbons (Fsp3) is 0.583. The third kappa shape index (κ3) is 2.47. The van der Waals surface area contributed by atoms with Gasteiger partial charge in [0.05, 0.1) is 6.20 Å². The summed E-state index contributed by atoms with van der Waals surface area (Å²) in [6.45, 7) is 6.13. The van der Waals surface area contributed by atoms with Crippen molar-refractivity contribution in [2.45, 2.75) is 45.1 Å². The Morgan fingerprint density at radius 2 is 2.00 bits per heavy atom. The SMILES string of the molecule is CC(C)(C)Oc1ccc(C2CC2)nc1. The second-order valence-electron chi connectivity index (χ2n) is 4.91. The molecule has 0 atom stereocenters. The molecule has 2 nitrogen and oxygen atoms in total. The predicted octanol–water partition coefficient (Wildman–Crippen LogP) is 3.14. The lowest BCUT2D eigenvalue weighted by Crippen LogP contribution is -2.22. The van der Waals surface area contributed by atoms with E-state index in [1.807, 2.05) is 33.0 Å². The smallest absolute Gasteiger partial charge is 0.138 e. The first kappa shape index (κ1) is 9.50. The zero-order valence-electron chi connectivity index (χ0n) is 9.08. The van der Waals surface area contributed by atoms with Gasteiger partial charge in [-0.3, -0.25) is 4.98 Å². The topological polar surface area (TPSA) is 22.1 Å². The Kier molecular flexibility index (Phi) is 2.22. The average molecular weight is 191 g/mol. The van der Waals surface area contributed by atoms with Gasteiger partial charge in [0, 0.05) is 11.6 Å². The van der Waals surface area contributed by atoms with E-state index in [0.29, 0.717) is 0 Å². The third-order valence-corrected chi connectivity index (χ3v) is 2.18. The fourth-order valence-corrected chi connectivity index (χ4v) is 1.43. The van der Waals surface area contributed by atoms with Crippen LogP contribution in [0.2, 0.25) is 0 Å². The molecule has 0 aliphatic heterocycles. The van der Waals surface area contributed by atoms with Gasteiger partial charge in [0.15, 0.2) is 0 Å². The van der Waals surface area contributed by atoms with Gasteiger partial charge in [0.1, 0.15) is 11.4 Å². The molecule has 0 radical (unpaired) electrons. The largest absolute Gasteiger partial charge is 0.487 e. The maximum Gasteiger partial charge on any atom is 0.138 e. The van der Waals surface area contributed by atoms with Crippen LogP contribution in [0, 0.1) is 0 Å². The van der Waals surface area contributed by atoms with E-state index >= 15 is 0 Å². The Morgan fingerprint density at radius 3 is 2.43 bits per heavy atom. The summed E-state index contributed by atoms with van der Waals surface area (Å²) in [5.74, 6) is 1.58. The van der Waals surface area contributed by atoms with Crippen molar-refractivity contribution >= 4 is 0 Å². The molecule has 1 aliphatic rings.